The molecule has 25 heavy (non-hydrogen) atoms. The highest BCUT2D eigenvalue weighted by molar-refractivity contribution is 7.92. The van der Waals surface area contributed by atoms with Crippen LogP contribution in [0.3, 0.4) is 0 Å². The third kappa shape index (κ3) is 5.56. The van der Waals surface area contributed by atoms with E-state index in [2.05, 4.69) is 11.6 Å². The van der Waals surface area contributed by atoms with Gasteiger partial charge < -0.3 is 14.2 Å². The van der Waals surface area contributed by atoms with Crippen LogP contribution >= 0.6 is 0 Å². The second kappa shape index (κ2) is 8.62. The van der Waals surface area contributed by atoms with Crippen molar-refractivity contribution in [3.63, 3.8) is 0 Å². The quantitative estimate of drug-likeness (QED) is 0.739. The van der Waals surface area contributed by atoms with Crippen LogP contribution in [0.4, 0.5) is 5.69 Å². The van der Waals surface area contributed by atoms with Crippen LogP contribution in [0.15, 0.2) is 42.5 Å². The number of rotatable bonds is 9. The molecule has 0 unspecified atom stereocenters. The summed E-state index contributed by atoms with van der Waals surface area (Å²) in [6.07, 6.45) is 0.948. The zero-order valence-corrected chi connectivity index (χ0v) is 15.4. The zero-order chi connectivity index (χ0) is 18.3. The molecule has 0 spiro atoms. The van der Waals surface area contributed by atoms with Gasteiger partial charge in [-0.25, -0.2) is 8.42 Å². The van der Waals surface area contributed by atoms with Gasteiger partial charge in [0.2, 0.25) is 10.0 Å². The molecular weight excluding hydrogens is 342 g/mol. The number of ether oxygens (including phenoxy) is 3. The van der Waals surface area contributed by atoms with Crippen molar-refractivity contribution in [2.24, 2.45) is 0 Å². The maximum atomic E-state index is 12.2. The second-order valence-electron chi connectivity index (χ2n) is 5.34. The van der Waals surface area contributed by atoms with E-state index >= 15 is 0 Å². The molecule has 2 aromatic carbocycles. The highest BCUT2D eigenvalue weighted by Crippen LogP contribution is 2.30. The Bertz CT molecular complexity index is 788. The van der Waals surface area contributed by atoms with E-state index in [0.717, 1.165) is 6.42 Å². The van der Waals surface area contributed by atoms with Gasteiger partial charge in [0.25, 0.3) is 0 Å². The van der Waals surface area contributed by atoms with Crippen LogP contribution in [0.2, 0.25) is 0 Å². The summed E-state index contributed by atoms with van der Waals surface area (Å²) in [5, 5.41) is 0. The maximum absolute atomic E-state index is 12.2. The molecule has 0 bridgehead atoms. The average Bonchev–Trinajstić information content (AvgIpc) is 2.61. The minimum absolute atomic E-state index is 0.0636. The van der Waals surface area contributed by atoms with Crippen molar-refractivity contribution in [3.05, 3.63) is 48.0 Å². The second-order valence-corrected chi connectivity index (χ2v) is 7.18. The maximum Gasteiger partial charge on any atom is 0.236 e. The Morgan fingerprint density at radius 2 is 1.64 bits per heavy atom. The number of anilines is 1. The van der Waals surface area contributed by atoms with Crippen molar-refractivity contribution in [2.75, 3.05) is 31.3 Å². The van der Waals surface area contributed by atoms with E-state index in [1.165, 1.54) is 19.8 Å². The van der Waals surface area contributed by atoms with Crippen LogP contribution in [-0.2, 0) is 16.4 Å². The molecule has 0 aliphatic heterocycles. The summed E-state index contributed by atoms with van der Waals surface area (Å²) in [4.78, 5) is 0. The van der Waals surface area contributed by atoms with Crippen molar-refractivity contribution >= 4 is 15.7 Å². The topological polar surface area (TPSA) is 73.9 Å². The number of aryl methyl sites for hydroxylation is 1. The van der Waals surface area contributed by atoms with E-state index in [4.69, 9.17) is 14.2 Å². The van der Waals surface area contributed by atoms with Crippen LogP contribution in [0.1, 0.15) is 12.5 Å². The number of hydrogen-bond acceptors (Lipinski definition) is 5. The molecular formula is C18H23NO5S. The van der Waals surface area contributed by atoms with Gasteiger partial charge in [0.1, 0.15) is 18.1 Å². The fourth-order valence-corrected chi connectivity index (χ4v) is 3.11. The van der Waals surface area contributed by atoms with Gasteiger partial charge in [-0.1, -0.05) is 19.1 Å². The minimum atomic E-state index is -3.53. The number of nitrogens with one attached hydrogen (secondary N) is 1. The van der Waals surface area contributed by atoms with Crippen molar-refractivity contribution < 1.29 is 22.6 Å². The molecule has 2 rings (SSSR count). The van der Waals surface area contributed by atoms with E-state index in [0.29, 0.717) is 22.9 Å². The SMILES string of the molecule is CCc1ccc(OCCS(=O)(=O)Nc2ccc(OC)c(OC)c2)cc1. The Labute approximate surface area is 148 Å². The Kier molecular flexibility index (Phi) is 6.52. The summed E-state index contributed by atoms with van der Waals surface area (Å²) in [6.45, 7) is 2.14. The average molecular weight is 365 g/mol. The molecule has 0 fully saturated rings. The van der Waals surface area contributed by atoms with Gasteiger partial charge in [0.05, 0.1) is 19.9 Å². The summed E-state index contributed by atoms with van der Waals surface area (Å²) < 4.78 is 42.7. The van der Waals surface area contributed by atoms with Crippen LogP contribution in [0.25, 0.3) is 0 Å². The minimum Gasteiger partial charge on any atom is -0.493 e. The molecule has 0 heterocycles. The van der Waals surface area contributed by atoms with E-state index in [-0.39, 0.29) is 12.4 Å². The van der Waals surface area contributed by atoms with Crippen molar-refractivity contribution in [1.82, 2.24) is 0 Å². The third-order valence-corrected chi connectivity index (χ3v) is 4.86. The van der Waals surface area contributed by atoms with Gasteiger partial charge in [-0.05, 0) is 36.2 Å². The highest BCUT2D eigenvalue weighted by Gasteiger charge is 2.13. The lowest BCUT2D eigenvalue weighted by atomic mass is 10.2. The van der Waals surface area contributed by atoms with Crippen molar-refractivity contribution in [3.8, 4) is 17.2 Å². The first-order chi connectivity index (χ1) is 12.0. The van der Waals surface area contributed by atoms with Crippen LogP contribution in [0, 0.1) is 0 Å². The first kappa shape index (κ1) is 18.9. The fraction of sp³-hybridized carbons (Fsp3) is 0.333. The van der Waals surface area contributed by atoms with E-state index in [9.17, 15) is 8.42 Å². The number of benzene rings is 2. The summed E-state index contributed by atoms with van der Waals surface area (Å²) in [6, 6.07) is 12.4. The van der Waals surface area contributed by atoms with Gasteiger partial charge >= 0.3 is 0 Å². The van der Waals surface area contributed by atoms with Gasteiger partial charge in [0, 0.05) is 6.07 Å². The molecule has 0 saturated heterocycles. The third-order valence-electron chi connectivity index (χ3n) is 3.61. The number of sulfonamides is 1. The fourth-order valence-electron chi connectivity index (χ4n) is 2.22. The Hall–Kier alpha value is -2.41. The number of hydrogen-bond donors (Lipinski definition) is 1. The normalized spacial score (nSPS) is 11.0. The monoisotopic (exact) mass is 365 g/mol. The summed E-state index contributed by atoms with van der Waals surface area (Å²) >= 11 is 0. The van der Waals surface area contributed by atoms with Crippen LogP contribution in [0.5, 0.6) is 17.2 Å². The van der Waals surface area contributed by atoms with Crippen LogP contribution in [-0.4, -0.2) is 35.0 Å². The molecule has 6 nitrogen and oxygen atoms in total. The lowest BCUT2D eigenvalue weighted by Crippen LogP contribution is -2.21. The summed E-state index contributed by atoms with van der Waals surface area (Å²) in [5.74, 6) is 1.48. The zero-order valence-electron chi connectivity index (χ0n) is 14.6. The smallest absolute Gasteiger partial charge is 0.236 e. The van der Waals surface area contributed by atoms with Crippen molar-refractivity contribution in [1.29, 1.82) is 0 Å². The molecule has 0 radical (unpaired) electrons. The van der Waals surface area contributed by atoms with Gasteiger partial charge in [-0.2, -0.15) is 0 Å². The largest absolute Gasteiger partial charge is 0.493 e. The van der Waals surface area contributed by atoms with E-state index in [1.54, 1.807) is 18.2 Å². The van der Waals surface area contributed by atoms with Crippen molar-refractivity contribution in [2.45, 2.75) is 13.3 Å². The molecule has 0 atom stereocenters. The van der Waals surface area contributed by atoms with Crippen LogP contribution < -0.4 is 18.9 Å². The van der Waals surface area contributed by atoms with Gasteiger partial charge in [-0.3, -0.25) is 4.72 Å². The lowest BCUT2D eigenvalue weighted by molar-refractivity contribution is 0.341. The molecule has 0 aliphatic rings. The molecule has 136 valence electrons. The molecule has 0 amide bonds. The first-order valence-corrected chi connectivity index (χ1v) is 9.57. The van der Waals surface area contributed by atoms with Gasteiger partial charge in [0.15, 0.2) is 11.5 Å². The Balaban J connectivity index is 1.92. The lowest BCUT2D eigenvalue weighted by Gasteiger charge is -2.12. The molecule has 0 saturated carbocycles. The predicted octanol–water partition coefficient (Wildman–Crippen LogP) is 3.09. The standard InChI is InChI=1S/C18H23NO5S/c1-4-14-5-8-16(9-6-14)24-11-12-25(20,21)19-15-7-10-17(22-2)18(13-15)23-3/h5-10,13,19H,4,11-12H2,1-3H3. The van der Waals surface area contributed by atoms with E-state index in [1.807, 2.05) is 24.3 Å². The Morgan fingerprint density at radius 1 is 0.960 bits per heavy atom. The predicted molar refractivity (Wildman–Crippen MR) is 98.3 cm³/mol. The summed E-state index contributed by atoms with van der Waals surface area (Å²) in [7, 11) is -0.520. The molecule has 1 N–H and O–H groups in total. The van der Waals surface area contributed by atoms with E-state index < -0.39 is 10.0 Å². The number of methoxy groups -OCH3 is 2. The Morgan fingerprint density at radius 3 is 2.24 bits per heavy atom. The summed E-state index contributed by atoms with van der Waals surface area (Å²) in [5.41, 5.74) is 1.61. The van der Waals surface area contributed by atoms with Gasteiger partial charge in [-0.15, -0.1) is 0 Å². The molecule has 7 heteroatoms. The highest BCUT2D eigenvalue weighted by atomic mass is 32.2. The molecule has 2 aromatic rings. The first-order valence-electron chi connectivity index (χ1n) is 7.91. The molecule has 0 aliphatic carbocycles. The molecule has 0 aromatic heterocycles.